The van der Waals surface area contributed by atoms with Gasteiger partial charge in [0.15, 0.2) is 0 Å². The molecule has 0 saturated heterocycles. The van der Waals surface area contributed by atoms with Crippen LogP contribution in [0.5, 0.6) is 0 Å². The van der Waals surface area contributed by atoms with Crippen molar-refractivity contribution in [2.24, 2.45) is 0 Å². The predicted octanol–water partition coefficient (Wildman–Crippen LogP) is 4.28. The summed E-state index contributed by atoms with van der Waals surface area (Å²) in [5, 5.41) is 11.8. The Labute approximate surface area is 174 Å². The second kappa shape index (κ2) is 8.08. The molecule has 1 N–H and O–H groups in total. The number of benzene rings is 1. The molecule has 0 bridgehead atoms. The SMILES string of the molecule is O=C(Cn1nc(C2CC2)cc1C(F)F)Nc1ncn(Cc2c(Cl)cccc2Cl)n1. The number of nitrogens with one attached hydrogen (secondary N) is 1. The molecule has 0 aliphatic heterocycles. The van der Waals surface area contributed by atoms with Gasteiger partial charge in [0.1, 0.15) is 18.6 Å². The van der Waals surface area contributed by atoms with E-state index in [1.165, 1.54) is 17.1 Å². The van der Waals surface area contributed by atoms with Crippen LogP contribution in [0.4, 0.5) is 14.7 Å². The van der Waals surface area contributed by atoms with Gasteiger partial charge in [-0.15, -0.1) is 5.10 Å². The quantitative estimate of drug-likeness (QED) is 0.594. The van der Waals surface area contributed by atoms with Crippen LogP contribution in [-0.2, 0) is 17.9 Å². The molecule has 3 aromatic rings. The minimum atomic E-state index is -2.71. The van der Waals surface area contributed by atoms with Crippen LogP contribution < -0.4 is 5.32 Å². The van der Waals surface area contributed by atoms with Gasteiger partial charge in [0, 0.05) is 21.5 Å². The van der Waals surface area contributed by atoms with Crippen LogP contribution >= 0.6 is 23.2 Å². The van der Waals surface area contributed by atoms with E-state index in [1.807, 2.05) is 0 Å². The number of hydrogen-bond acceptors (Lipinski definition) is 4. The van der Waals surface area contributed by atoms with Gasteiger partial charge >= 0.3 is 0 Å². The molecule has 152 valence electrons. The fourth-order valence-corrected chi connectivity index (χ4v) is 3.42. The van der Waals surface area contributed by atoms with Gasteiger partial charge in [-0.2, -0.15) is 5.10 Å². The predicted molar refractivity (Wildman–Crippen MR) is 103 cm³/mol. The largest absolute Gasteiger partial charge is 0.292 e. The van der Waals surface area contributed by atoms with Crippen LogP contribution in [0.3, 0.4) is 0 Å². The van der Waals surface area contributed by atoms with E-state index >= 15 is 0 Å². The summed E-state index contributed by atoms with van der Waals surface area (Å²) >= 11 is 12.3. The smallest absolute Gasteiger partial charge is 0.280 e. The highest BCUT2D eigenvalue weighted by Gasteiger charge is 2.29. The molecule has 11 heteroatoms. The van der Waals surface area contributed by atoms with Crippen molar-refractivity contribution in [3.05, 3.63) is 57.6 Å². The summed E-state index contributed by atoms with van der Waals surface area (Å²) in [5.74, 6) is -0.289. The second-order valence-corrected chi connectivity index (χ2v) is 7.56. The fraction of sp³-hybridized carbons (Fsp3) is 0.333. The summed E-state index contributed by atoms with van der Waals surface area (Å²) in [4.78, 5) is 16.3. The maximum atomic E-state index is 13.2. The Bertz CT molecular complexity index is 1030. The molecule has 1 saturated carbocycles. The first-order chi connectivity index (χ1) is 13.9. The molecule has 7 nitrogen and oxygen atoms in total. The molecule has 1 aromatic carbocycles. The van der Waals surface area contributed by atoms with Crippen LogP contribution in [0.25, 0.3) is 0 Å². The molecule has 1 amide bonds. The van der Waals surface area contributed by atoms with Gasteiger partial charge in [-0.3, -0.25) is 14.8 Å². The highest BCUT2D eigenvalue weighted by molar-refractivity contribution is 6.35. The Kier molecular flexibility index (Phi) is 5.51. The lowest BCUT2D eigenvalue weighted by atomic mass is 10.2. The molecule has 29 heavy (non-hydrogen) atoms. The van der Waals surface area contributed by atoms with E-state index in [9.17, 15) is 13.6 Å². The van der Waals surface area contributed by atoms with Gasteiger partial charge in [0.05, 0.1) is 12.2 Å². The average molecular weight is 441 g/mol. The normalized spacial score (nSPS) is 13.8. The zero-order valence-corrected chi connectivity index (χ0v) is 16.5. The number of rotatable bonds is 7. The molecule has 0 radical (unpaired) electrons. The number of carbonyl (C=O) groups is 1. The van der Waals surface area contributed by atoms with E-state index in [-0.39, 0.29) is 30.6 Å². The molecule has 2 aromatic heterocycles. The van der Waals surface area contributed by atoms with E-state index in [1.54, 1.807) is 18.2 Å². The first kappa shape index (κ1) is 19.8. The topological polar surface area (TPSA) is 77.6 Å². The molecule has 1 aliphatic carbocycles. The molecule has 0 unspecified atom stereocenters. The Hall–Kier alpha value is -2.52. The van der Waals surface area contributed by atoms with E-state index in [4.69, 9.17) is 23.2 Å². The highest BCUT2D eigenvalue weighted by atomic mass is 35.5. The number of anilines is 1. The first-order valence-corrected chi connectivity index (χ1v) is 9.64. The van der Waals surface area contributed by atoms with Crippen molar-refractivity contribution in [1.29, 1.82) is 0 Å². The fourth-order valence-electron chi connectivity index (χ4n) is 2.91. The van der Waals surface area contributed by atoms with Crippen LogP contribution in [-0.4, -0.2) is 30.5 Å². The number of amides is 1. The van der Waals surface area contributed by atoms with E-state index in [0.29, 0.717) is 21.3 Å². The van der Waals surface area contributed by atoms with E-state index < -0.39 is 12.3 Å². The van der Waals surface area contributed by atoms with Gasteiger partial charge in [-0.25, -0.2) is 18.4 Å². The molecular formula is C18H16Cl2F2N6O. The number of nitrogens with zero attached hydrogens (tertiary/aromatic N) is 5. The Morgan fingerprint density at radius 2 is 1.97 bits per heavy atom. The zero-order chi connectivity index (χ0) is 20.5. The molecular weight excluding hydrogens is 425 g/mol. The molecule has 1 fully saturated rings. The lowest BCUT2D eigenvalue weighted by Gasteiger charge is -2.07. The summed E-state index contributed by atoms with van der Waals surface area (Å²) in [6.45, 7) is -0.0852. The average Bonchev–Trinajstić information content (AvgIpc) is 3.28. The van der Waals surface area contributed by atoms with Crippen molar-refractivity contribution in [3.8, 4) is 0 Å². The molecule has 0 spiro atoms. The van der Waals surface area contributed by atoms with Crippen molar-refractivity contribution < 1.29 is 13.6 Å². The number of carbonyl (C=O) groups excluding carboxylic acids is 1. The number of hydrogen-bond donors (Lipinski definition) is 1. The first-order valence-electron chi connectivity index (χ1n) is 8.88. The highest BCUT2D eigenvalue weighted by Crippen LogP contribution is 2.40. The standard InChI is InChI=1S/C18H16Cl2F2N6O/c19-12-2-1-3-13(20)11(12)7-27-9-23-18(26-27)24-16(29)8-28-15(17(21)22)6-14(25-28)10-4-5-10/h1-3,6,9-10,17H,4-5,7-8H2,(H,24,26,29). The summed E-state index contributed by atoms with van der Waals surface area (Å²) in [5.41, 5.74) is 1.00. The summed E-state index contributed by atoms with van der Waals surface area (Å²) in [7, 11) is 0. The summed E-state index contributed by atoms with van der Waals surface area (Å²) in [6.07, 6.45) is 0.574. The van der Waals surface area contributed by atoms with E-state index in [0.717, 1.165) is 17.5 Å². The third-order valence-corrected chi connectivity index (χ3v) is 5.22. The van der Waals surface area contributed by atoms with Gasteiger partial charge in [-0.1, -0.05) is 29.3 Å². The zero-order valence-electron chi connectivity index (χ0n) is 15.0. The Morgan fingerprint density at radius 3 is 2.62 bits per heavy atom. The van der Waals surface area contributed by atoms with Crippen molar-refractivity contribution in [2.75, 3.05) is 5.32 Å². The minimum Gasteiger partial charge on any atom is -0.292 e. The van der Waals surface area contributed by atoms with Gasteiger partial charge < -0.3 is 0 Å². The summed E-state index contributed by atoms with van der Waals surface area (Å²) < 4.78 is 29.0. The van der Waals surface area contributed by atoms with Gasteiger partial charge in [0.25, 0.3) is 6.43 Å². The van der Waals surface area contributed by atoms with E-state index in [2.05, 4.69) is 20.5 Å². The van der Waals surface area contributed by atoms with Crippen molar-refractivity contribution in [1.82, 2.24) is 24.5 Å². The lowest BCUT2D eigenvalue weighted by Crippen LogP contribution is -2.22. The van der Waals surface area contributed by atoms with Crippen LogP contribution in [0.2, 0.25) is 10.0 Å². The molecule has 0 atom stereocenters. The second-order valence-electron chi connectivity index (χ2n) is 6.74. The number of aromatic nitrogens is 5. The van der Waals surface area contributed by atoms with Crippen LogP contribution in [0.1, 0.15) is 42.1 Å². The minimum absolute atomic E-state index is 0.0475. The monoisotopic (exact) mass is 440 g/mol. The molecule has 1 aliphatic rings. The molecule has 4 rings (SSSR count). The third kappa shape index (κ3) is 4.56. The van der Waals surface area contributed by atoms with Crippen molar-refractivity contribution in [2.45, 2.75) is 38.3 Å². The number of halogens is 4. The van der Waals surface area contributed by atoms with Crippen molar-refractivity contribution >= 4 is 35.1 Å². The van der Waals surface area contributed by atoms with Gasteiger partial charge in [-0.05, 0) is 31.0 Å². The maximum Gasteiger partial charge on any atom is 0.280 e. The van der Waals surface area contributed by atoms with Crippen LogP contribution in [0.15, 0.2) is 30.6 Å². The maximum absolute atomic E-state index is 13.2. The van der Waals surface area contributed by atoms with Crippen molar-refractivity contribution in [3.63, 3.8) is 0 Å². The summed E-state index contributed by atoms with van der Waals surface area (Å²) in [6, 6.07) is 6.53. The number of alkyl halides is 2. The molecule has 2 heterocycles. The Morgan fingerprint density at radius 1 is 1.24 bits per heavy atom. The third-order valence-electron chi connectivity index (χ3n) is 4.51. The lowest BCUT2D eigenvalue weighted by molar-refractivity contribution is -0.117. The van der Waals surface area contributed by atoms with Crippen LogP contribution in [0, 0.1) is 0 Å². The van der Waals surface area contributed by atoms with Gasteiger partial charge in [0.2, 0.25) is 11.9 Å². The Balaban J connectivity index is 1.42.